The molecule has 3 nitrogen and oxygen atoms in total. The second-order valence-corrected chi connectivity index (χ2v) is 10.1. The van der Waals surface area contributed by atoms with E-state index < -0.39 is 0 Å². The molecule has 0 aliphatic heterocycles. The third-order valence-electron chi connectivity index (χ3n) is 5.48. The van der Waals surface area contributed by atoms with Gasteiger partial charge in [0, 0.05) is 6.42 Å². The molecule has 0 saturated heterocycles. The Kier molecular flexibility index (Phi) is 9.04. The number of phenolic OH excluding ortho intramolecular Hbond substituents is 1. The zero-order chi connectivity index (χ0) is 21.5. The maximum absolute atomic E-state index is 12.3. The fourth-order valence-electron chi connectivity index (χ4n) is 3.31. The van der Waals surface area contributed by atoms with Crippen molar-refractivity contribution < 1.29 is 14.6 Å². The number of ether oxygens (including phenoxy) is 1. The maximum Gasteiger partial charge on any atom is 0.306 e. The van der Waals surface area contributed by atoms with Crippen molar-refractivity contribution in [3.8, 4) is 5.75 Å². The van der Waals surface area contributed by atoms with E-state index in [1.54, 1.807) is 0 Å². The number of carbonyl (C=O) groups is 1. The van der Waals surface area contributed by atoms with Crippen LogP contribution in [-0.2, 0) is 26.8 Å². The molecule has 0 radical (unpaired) electrons. The van der Waals surface area contributed by atoms with Crippen molar-refractivity contribution in [2.45, 2.75) is 105 Å². The van der Waals surface area contributed by atoms with E-state index in [0.29, 0.717) is 31.1 Å². The molecular weight excluding hydrogens is 348 g/mol. The van der Waals surface area contributed by atoms with Crippen molar-refractivity contribution in [1.29, 1.82) is 0 Å². The summed E-state index contributed by atoms with van der Waals surface area (Å²) >= 11 is 0. The molecule has 1 aromatic carbocycles. The summed E-state index contributed by atoms with van der Waals surface area (Å²) in [6, 6.07) is 4.16. The lowest BCUT2D eigenvalue weighted by Gasteiger charge is -2.27. The van der Waals surface area contributed by atoms with Crippen LogP contribution in [0.2, 0.25) is 0 Å². The molecule has 28 heavy (non-hydrogen) atoms. The summed E-state index contributed by atoms with van der Waals surface area (Å²) < 4.78 is 5.53. The second kappa shape index (κ2) is 10.3. The van der Waals surface area contributed by atoms with Gasteiger partial charge in [-0.25, -0.2) is 0 Å². The first-order valence-corrected chi connectivity index (χ1v) is 10.9. The van der Waals surface area contributed by atoms with Crippen LogP contribution in [0, 0.1) is 5.92 Å². The zero-order valence-corrected chi connectivity index (χ0v) is 19.4. The van der Waals surface area contributed by atoms with Gasteiger partial charge in [-0.3, -0.25) is 4.79 Å². The van der Waals surface area contributed by atoms with Gasteiger partial charge >= 0.3 is 5.97 Å². The molecule has 0 heterocycles. The monoisotopic (exact) mass is 390 g/mol. The van der Waals surface area contributed by atoms with E-state index >= 15 is 0 Å². The second-order valence-electron chi connectivity index (χ2n) is 10.1. The summed E-state index contributed by atoms with van der Waals surface area (Å²) in [6.07, 6.45) is 5.31. The van der Waals surface area contributed by atoms with Crippen LogP contribution in [0.3, 0.4) is 0 Å². The van der Waals surface area contributed by atoms with Gasteiger partial charge in [-0.15, -0.1) is 0 Å². The molecule has 0 spiro atoms. The molecule has 0 aliphatic carbocycles. The van der Waals surface area contributed by atoms with Crippen molar-refractivity contribution >= 4 is 5.97 Å². The van der Waals surface area contributed by atoms with Crippen LogP contribution in [0.5, 0.6) is 5.75 Å². The Labute approximate surface area is 172 Å². The lowest BCUT2D eigenvalue weighted by atomic mass is 9.78. The molecule has 0 aliphatic rings. The van der Waals surface area contributed by atoms with Gasteiger partial charge < -0.3 is 9.84 Å². The molecular formula is C25H42O3. The van der Waals surface area contributed by atoms with E-state index in [9.17, 15) is 9.90 Å². The Morgan fingerprint density at radius 1 is 1.07 bits per heavy atom. The van der Waals surface area contributed by atoms with Crippen molar-refractivity contribution in [3.05, 3.63) is 28.8 Å². The lowest BCUT2D eigenvalue weighted by molar-refractivity contribution is -0.145. The number of hydrogen-bond acceptors (Lipinski definition) is 3. The molecule has 0 amide bonds. The number of unbranched alkanes of at least 4 members (excludes halogenated alkanes) is 1. The first-order valence-electron chi connectivity index (χ1n) is 10.9. The van der Waals surface area contributed by atoms with Crippen molar-refractivity contribution in [2.24, 2.45) is 5.92 Å². The fraction of sp³-hybridized carbons (Fsp3) is 0.720. The Morgan fingerprint density at radius 2 is 1.71 bits per heavy atom. The highest BCUT2D eigenvalue weighted by Gasteiger charge is 2.25. The Morgan fingerprint density at radius 3 is 2.21 bits per heavy atom. The van der Waals surface area contributed by atoms with Gasteiger partial charge in [0.2, 0.25) is 0 Å². The molecule has 0 fully saturated rings. The highest BCUT2D eigenvalue weighted by atomic mass is 16.5. The first-order chi connectivity index (χ1) is 12.9. The highest BCUT2D eigenvalue weighted by Crippen LogP contribution is 2.38. The van der Waals surface area contributed by atoms with Crippen LogP contribution in [-0.4, -0.2) is 17.7 Å². The molecule has 1 aromatic rings. The van der Waals surface area contributed by atoms with E-state index in [-0.39, 0.29) is 16.8 Å². The SMILES string of the molecule is CCCCC(CC)COC(=O)CCc1cc(C(C)(C)C)cc(C(C)(C)C)c1O. The number of rotatable bonds is 9. The van der Waals surface area contributed by atoms with Gasteiger partial charge in [0.25, 0.3) is 0 Å². The quantitative estimate of drug-likeness (QED) is 0.478. The summed E-state index contributed by atoms with van der Waals surface area (Å²) in [5.74, 6) is 0.601. The van der Waals surface area contributed by atoms with Gasteiger partial charge in [0.15, 0.2) is 0 Å². The van der Waals surface area contributed by atoms with Crippen LogP contribution in [0.25, 0.3) is 0 Å². The number of phenols is 1. The Hall–Kier alpha value is -1.51. The third kappa shape index (κ3) is 7.48. The van der Waals surface area contributed by atoms with E-state index in [4.69, 9.17) is 4.74 Å². The molecule has 1 rings (SSSR count). The van der Waals surface area contributed by atoms with Crippen LogP contribution >= 0.6 is 0 Å². The van der Waals surface area contributed by atoms with Gasteiger partial charge in [-0.1, -0.05) is 86.8 Å². The summed E-state index contributed by atoms with van der Waals surface area (Å²) in [6.45, 7) is 17.7. The van der Waals surface area contributed by atoms with Crippen molar-refractivity contribution in [1.82, 2.24) is 0 Å². The summed E-state index contributed by atoms with van der Waals surface area (Å²) in [7, 11) is 0. The lowest BCUT2D eigenvalue weighted by Crippen LogP contribution is -2.18. The van der Waals surface area contributed by atoms with Gasteiger partial charge in [-0.2, -0.15) is 0 Å². The zero-order valence-electron chi connectivity index (χ0n) is 19.4. The normalized spacial score (nSPS) is 13.4. The highest BCUT2D eigenvalue weighted by molar-refractivity contribution is 5.70. The van der Waals surface area contributed by atoms with E-state index in [1.807, 2.05) is 6.07 Å². The number of aromatic hydroxyl groups is 1. The van der Waals surface area contributed by atoms with Gasteiger partial charge in [0.05, 0.1) is 6.61 Å². The van der Waals surface area contributed by atoms with Crippen LogP contribution < -0.4 is 0 Å². The van der Waals surface area contributed by atoms with Crippen molar-refractivity contribution in [2.75, 3.05) is 6.61 Å². The minimum Gasteiger partial charge on any atom is -0.507 e. The molecule has 3 heteroatoms. The number of carbonyl (C=O) groups excluding carboxylic acids is 1. The number of aryl methyl sites for hydroxylation is 1. The largest absolute Gasteiger partial charge is 0.507 e. The summed E-state index contributed by atoms with van der Waals surface area (Å²) in [5, 5.41) is 10.8. The minimum absolute atomic E-state index is 0.0173. The van der Waals surface area contributed by atoms with Crippen LogP contribution in [0.4, 0.5) is 0 Å². The molecule has 1 unspecified atom stereocenters. The number of benzene rings is 1. The molecule has 0 bridgehead atoms. The Balaban J connectivity index is 2.86. The third-order valence-corrected chi connectivity index (χ3v) is 5.48. The fourth-order valence-corrected chi connectivity index (χ4v) is 3.31. The van der Waals surface area contributed by atoms with E-state index in [2.05, 4.69) is 61.5 Å². The predicted molar refractivity (Wildman–Crippen MR) is 118 cm³/mol. The topological polar surface area (TPSA) is 46.5 Å². The van der Waals surface area contributed by atoms with Crippen molar-refractivity contribution in [3.63, 3.8) is 0 Å². The van der Waals surface area contributed by atoms with E-state index in [1.165, 1.54) is 18.4 Å². The smallest absolute Gasteiger partial charge is 0.306 e. The average molecular weight is 391 g/mol. The Bertz CT molecular complexity index is 632. The number of hydrogen-bond donors (Lipinski definition) is 1. The first kappa shape index (κ1) is 24.5. The molecule has 0 aromatic heterocycles. The minimum atomic E-state index is -0.173. The molecule has 0 saturated carbocycles. The van der Waals surface area contributed by atoms with E-state index in [0.717, 1.165) is 24.0 Å². The van der Waals surface area contributed by atoms with Crippen LogP contribution in [0.15, 0.2) is 12.1 Å². The van der Waals surface area contributed by atoms with Gasteiger partial charge in [0.1, 0.15) is 5.75 Å². The van der Waals surface area contributed by atoms with Crippen LogP contribution in [0.1, 0.15) is 104 Å². The molecule has 1 atom stereocenters. The number of esters is 1. The summed E-state index contributed by atoms with van der Waals surface area (Å²) in [4.78, 5) is 12.3. The average Bonchev–Trinajstić information content (AvgIpc) is 2.59. The summed E-state index contributed by atoms with van der Waals surface area (Å²) in [5.41, 5.74) is 2.79. The molecule has 160 valence electrons. The standard InChI is InChI=1S/C25H42O3/c1-9-11-12-18(10-2)17-28-22(26)14-13-19-15-20(24(3,4)5)16-21(23(19)27)25(6,7)8/h15-16,18,27H,9-14,17H2,1-8H3. The molecule has 1 N–H and O–H groups in total. The van der Waals surface area contributed by atoms with Gasteiger partial charge in [-0.05, 0) is 46.3 Å². The predicted octanol–water partition coefficient (Wildman–Crippen LogP) is 6.68. The maximum atomic E-state index is 12.3.